The average molecular weight is 539 g/mol. The lowest BCUT2D eigenvalue weighted by molar-refractivity contribution is -0.192. The van der Waals surface area contributed by atoms with Crippen LogP contribution in [-0.4, -0.2) is 53.1 Å². The summed E-state index contributed by atoms with van der Waals surface area (Å²) in [6.45, 7) is 5.75. The van der Waals surface area contributed by atoms with Crippen LogP contribution in [0.25, 0.3) is 10.9 Å². The van der Waals surface area contributed by atoms with Gasteiger partial charge in [-0.1, -0.05) is 13.0 Å². The Hall–Kier alpha value is -3.38. The minimum absolute atomic E-state index is 0.104. The van der Waals surface area contributed by atoms with E-state index in [1.165, 1.54) is 0 Å². The fourth-order valence-electron chi connectivity index (χ4n) is 7.13. The van der Waals surface area contributed by atoms with Gasteiger partial charge in [-0.15, -0.1) is 0 Å². The molecule has 1 saturated heterocycles. The van der Waals surface area contributed by atoms with Crippen molar-refractivity contribution in [2.75, 3.05) is 20.2 Å². The number of ether oxygens (including phenoxy) is 1. The molecular formula is C30H36F2N4O3. The number of methoxy groups -OCH3 is 1. The van der Waals surface area contributed by atoms with Gasteiger partial charge in [0.25, 0.3) is 0 Å². The van der Waals surface area contributed by atoms with Gasteiger partial charge in [-0.2, -0.15) is 5.26 Å². The van der Waals surface area contributed by atoms with Gasteiger partial charge in [0.1, 0.15) is 5.75 Å². The monoisotopic (exact) mass is 538 g/mol. The lowest BCUT2D eigenvalue weighted by Crippen LogP contribution is -2.60. The van der Waals surface area contributed by atoms with Crippen molar-refractivity contribution in [3.05, 3.63) is 52.9 Å². The van der Waals surface area contributed by atoms with Crippen molar-refractivity contribution < 1.29 is 23.4 Å². The number of nitrogens with zero attached hydrogens (tertiary/aromatic N) is 2. The molecule has 2 heterocycles. The number of nitrogens with one attached hydrogen (secondary N) is 2. The number of alkyl halides is 2. The summed E-state index contributed by atoms with van der Waals surface area (Å²) in [5.74, 6) is -2.84. The first-order valence-electron chi connectivity index (χ1n) is 13.5. The summed E-state index contributed by atoms with van der Waals surface area (Å²) in [7, 11) is 1.66. The molecule has 1 unspecified atom stereocenters. The van der Waals surface area contributed by atoms with Gasteiger partial charge in [-0.3, -0.25) is 4.90 Å². The summed E-state index contributed by atoms with van der Waals surface area (Å²) in [4.78, 5) is 17.5. The molecule has 1 aliphatic heterocycles. The Labute approximate surface area is 227 Å². The third-order valence-corrected chi connectivity index (χ3v) is 9.15. The highest BCUT2D eigenvalue weighted by Crippen LogP contribution is 2.61. The van der Waals surface area contributed by atoms with Crippen LogP contribution < -0.4 is 10.1 Å². The maximum atomic E-state index is 14.2. The fourth-order valence-corrected chi connectivity index (χ4v) is 7.13. The van der Waals surface area contributed by atoms with Crippen molar-refractivity contribution in [2.24, 2.45) is 10.8 Å². The Balaban J connectivity index is 1.55. The number of carboxylic acid groups (broad SMARTS) is 1. The molecule has 208 valence electrons. The number of hydrogen-bond acceptors (Lipinski definition) is 5. The zero-order valence-corrected chi connectivity index (χ0v) is 22.7. The number of rotatable bonds is 8. The summed E-state index contributed by atoms with van der Waals surface area (Å²) in [5.41, 5.74) is 3.14. The first-order chi connectivity index (χ1) is 18.5. The average Bonchev–Trinajstić information content (AvgIpc) is 3.37. The number of aliphatic carboxylic acids is 1. The van der Waals surface area contributed by atoms with Crippen molar-refractivity contribution in [3.63, 3.8) is 0 Å². The number of aromatic nitrogens is 1. The van der Waals surface area contributed by atoms with Gasteiger partial charge in [0, 0.05) is 65.7 Å². The quantitative estimate of drug-likeness (QED) is 0.374. The number of carbonyl (C=O) groups is 1. The van der Waals surface area contributed by atoms with Crippen molar-refractivity contribution in [2.45, 2.75) is 70.9 Å². The molecule has 3 aliphatic rings. The minimum atomic E-state index is -2.63. The van der Waals surface area contributed by atoms with E-state index in [-0.39, 0.29) is 30.9 Å². The molecule has 1 aromatic heterocycles. The molecule has 1 spiro atoms. The number of carboxylic acids is 1. The number of benzene rings is 1. The topological polar surface area (TPSA) is 101 Å². The molecule has 7 nitrogen and oxygen atoms in total. The van der Waals surface area contributed by atoms with Gasteiger partial charge >= 0.3 is 5.97 Å². The second-order valence-corrected chi connectivity index (χ2v) is 11.8. The van der Waals surface area contributed by atoms with Crippen molar-refractivity contribution in [1.82, 2.24) is 15.2 Å². The summed E-state index contributed by atoms with van der Waals surface area (Å²) >= 11 is 0. The molecule has 9 heteroatoms. The first-order valence-corrected chi connectivity index (χ1v) is 13.5. The number of H-pyrrole nitrogens is 1. The molecule has 1 aromatic carbocycles. The second kappa shape index (κ2) is 9.98. The largest absolute Gasteiger partial charge is 0.496 e. The predicted octanol–water partition coefficient (Wildman–Crippen LogP) is 5.67. The number of aromatic amines is 1. The molecule has 5 rings (SSSR count). The van der Waals surface area contributed by atoms with Gasteiger partial charge < -0.3 is 20.1 Å². The molecule has 1 saturated carbocycles. The molecule has 0 amide bonds. The number of halogens is 2. The molecular weight excluding hydrogens is 502 g/mol. The van der Waals surface area contributed by atoms with E-state index in [1.54, 1.807) is 19.3 Å². The molecule has 39 heavy (non-hydrogen) atoms. The zero-order valence-electron chi connectivity index (χ0n) is 22.7. The van der Waals surface area contributed by atoms with Crippen molar-refractivity contribution >= 4 is 16.9 Å². The van der Waals surface area contributed by atoms with Crippen LogP contribution >= 0.6 is 0 Å². The lowest BCUT2D eigenvalue weighted by Gasteiger charge is -2.58. The van der Waals surface area contributed by atoms with E-state index in [2.05, 4.69) is 28.2 Å². The van der Waals surface area contributed by atoms with E-state index in [0.29, 0.717) is 38.9 Å². The van der Waals surface area contributed by atoms with Crippen LogP contribution in [0.15, 0.2) is 41.8 Å². The molecule has 2 aromatic rings. The Bertz CT molecular complexity index is 1380. The van der Waals surface area contributed by atoms with E-state index in [0.717, 1.165) is 33.5 Å². The second-order valence-electron chi connectivity index (χ2n) is 11.8. The van der Waals surface area contributed by atoms with Gasteiger partial charge in [0.2, 0.25) is 5.92 Å². The number of nitriles is 1. The van der Waals surface area contributed by atoms with E-state index in [4.69, 9.17) is 10.00 Å². The zero-order chi connectivity index (χ0) is 28.0. The van der Waals surface area contributed by atoms with E-state index in [9.17, 15) is 18.7 Å². The van der Waals surface area contributed by atoms with Crippen LogP contribution in [-0.2, 0) is 11.3 Å². The highest BCUT2D eigenvalue weighted by Gasteiger charge is 2.60. The standard InChI is InChI=1S/C30H36F2N4O3/c1-19-13-23(39-3)22(21-6-11-35-26(19)21)16-36-12-8-29(17-30(31,32)18-29)15-25(36)28(2)7-5-20(27(37)38)14-24(28)34-10-4-9-33/h5-6,11,13-14,25,34-35H,4,7-8,10,12,15-18H2,1-3H3,(H,37,38)/t25-,28?/m1/s1. The van der Waals surface area contributed by atoms with Crippen LogP contribution in [0, 0.1) is 29.1 Å². The molecule has 2 aliphatic carbocycles. The SMILES string of the molecule is COc1cc(C)c2[nH]ccc2c1CN1CCC2(C[C@@H]1C1(C)CC=C(C(=O)O)C=C1NCCC#N)CC(F)(F)C2. The maximum absolute atomic E-state index is 14.2. The lowest BCUT2D eigenvalue weighted by atomic mass is 9.55. The Morgan fingerprint density at radius 2 is 2.15 bits per heavy atom. The Morgan fingerprint density at radius 1 is 1.38 bits per heavy atom. The van der Waals surface area contributed by atoms with Crippen LogP contribution in [0.1, 0.15) is 56.6 Å². The number of allylic oxidation sites excluding steroid dienone is 1. The van der Waals surface area contributed by atoms with E-state index in [1.807, 2.05) is 25.3 Å². The van der Waals surface area contributed by atoms with Gasteiger partial charge in [-0.05, 0) is 61.9 Å². The Kier molecular flexibility index (Phi) is 6.96. The Morgan fingerprint density at radius 3 is 2.82 bits per heavy atom. The van der Waals surface area contributed by atoms with Gasteiger partial charge in [0.05, 0.1) is 25.2 Å². The molecule has 2 fully saturated rings. The van der Waals surface area contributed by atoms with Crippen molar-refractivity contribution in [3.8, 4) is 11.8 Å². The third-order valence-electron chi connectivity index (χ3n) is 9.15. The molecule has 0 bridgehead atoms. The summed E-state index contributed by atoms with van der Waals surface area (Å²) in [6.07, 6.45) is 7.13. The van der Waals surface area contributed by atoms with Crippen LogP contribution in [0.2, 0.25) is 0 Å². The molecule has 0 radical (unpaired) electrons. The summed E-state index contributed by atoms with van der Waals surface area (Å²) in [5, 5.41) is 23.2. The maximum Gasteiger partial charge on any atom is 0.335 e. The number of fused-ring (bicyclic) bond motifs is 1. The van der Waals surface area contributed by atoms with Crippen LogP contribution in [0.5, 0.6) is 5.75 Å². The molecule has 3 N–H and O–H groups in total. The number of piperidine rings is 1. The predicted molar refractivity (Wildman–Crippen MR) is 144 cm³/mol. The normalized spacial score (nSPS) is 25.9. The van der Waals surface area contributed by atoms with E-state index >= 15 is 0 Å². The highest BCUT2D eigenvalue weighted by molar-refractivity contribution is 5.90. The highest BCUT2D eigenvalue weighted by atomic mass is 19.3. The number of hydrogen-bond donors (Lipinski definition) is 3. The first kappa shape index (κ1) is 27.2. The molecule has 2 atom stereocenters. The summed E-state index contributed by atoms with van der Waals surface area (Å²) in [6, 6.07) is 6.08. The fraction of sp³-hybridized carbons (Fsp3) is 0.533. The summed E-state index contributed by atoms with van der Waals surface area (Å²) < 4.78 is 34.2. The van der Waals surface area contributed by atoms with Gasteiger partial charge in [0.15, 0.2) is 0 Å². The minimum Gasteiger partial charge on any atom is -0.496 e. The van der Waals surface area contributed by atoms with Gasteiger partial charge in [-0.25, -0.2) is 13.6 Å². The smallest absolute Gasteiger partial charge is 0.335 e. The van der Waals surface area contributed by atoms with Crippen LogP contribution in [0.3, 0.4) is 0 Å². The number of aryl methyl sites for hydroxylation is 1. The number of likely N-dealkylation sites (tertiary alicyclic amines) is 1. The van der Waals surface area contributed by atoms with Crippen molar-refractivity contribution in [1.29, 1.82) is 5.26 Å². The van der Waals surface area contributed by atoms with E-state index < -0.39 is 22.7 Å². The van der Waals surface area contributed by atoms with Crippen LogP contribution in [0.4, 0.5) is 8.78 Å². The third kappa shape index (κ3) is 4.91.